The Labute approximate surface area is 158 Å². The predicted octanol–water partition coefficient (Wildman–Crippen LogP) is 2.09. The summed E-state index contributed by atoms with van der Waals surface area (Å²) in [5, 5.41) is 22.8. The summed E-state index contributed by atoms with van der Waals surface area (Å²) >= 11 is 0. The molecule has 0 saturated carbocycles. The van der Waals surface area contributed by atoms with Gasteiger partial charge in [-0.2, -0.15) is 0 Å². The molecule has 0 unspecified atom stereocenters. The zero-order valence-electron chi connectivity index (χ0n) is 14.5. The van der Waals surface area contributed by atoms with Gasteiger partial charge in [-0.15, -0.1) is 22.6 Å². The summed E-state index contributed by atoms with van der Waals surface area (Å²) in [6.07, 6.45) is 2.16. The molecule has 1 fully saturated rings. The number of likely N-dealkylation sites (tertiary alicyclic amines) is 1. The Hall–Kier alpha value is -2.03. The minimum atomic E-state index is -0.357. The van der Waals surface area contributed by atoms with Gasteiger partial charge >= 0.3 is 0 Å². The fourth-order valence-electron chi connectivity index (χ4n) is 3.75. The van der Waals surface area contributed by atoms with Crippen molar-refractivity contribution in [1.29, 1.82) is 0 Å². The van der Waals surface area contributed by atoms with E-state index in [1.807, 2.05) is 12.1 Å². The van der Waals surface area contributed by atoms with Crippen molar-refractivity contribution in [2.24, 2.45) is 0 Å². The number of fused-ring (bicyclic) bond motifs is 1. The summed E-state index contributed by atoms with van der Waals surface area (Å²) in [6.45, 7) is 5.63. The number of nitro groups is 1. The fourth-order valence-corrected chi connectivity index (χ4v) is 3.75. The molecular weight excluding hydrogens is 356 g/mol. The zero-order chi connectivity index (χ0) is 17.2. The largest absolute Gasteiger partial charge is 0.312 e. The van der Waals surface area contributed by atoms with Crippen LogP contribution >= 0.6 is 12.4 Å². The average molecular weight is 379 g/mol. The first-order valence-electron chi connectivity index (χ1n) is 8.79. The van der Waals surface area contributed by atoms with Crippen molar-refractivity contribution in [2.75, 3.05) is 19.6 Å². The lowest BCUT2D eigenvalue weighted by Crippen LogP contribution is -2.34. The standard InChI is InChI=1S/C17H22N6O2.ClH/c24-23(25)15-3-1-13(2-4-15)12-21-8-5-14(6-9-21)17-20-19-16-11-18-7-10-22(16)17;/h1-4,14,18H,5-12H2;1H. The monoisotopic (exact) mass is 378 g/mol. The van der Waals surface area contributed by atoms with Gasteiger partial charge in [-0.3, -0.25) is 15.0 Å². The molecule has 8 nitrogen and oxygen atoms in total. The molecule has 0 spiro atoms. The quantitative estimate of drug-likeness (QED) is 0.647. The van der Waals surface area contributed by atoms with Crippen molar-refractivity contribution in [3.05, 3.63) is 51.6 Å². The Kier molecular flexibility index (Phi) is 5.85. The van der Waals surface area contributed by atoms with Crippen LogP contribution in [0.4, 0.5) is 5.69 Å². The average Bonchev–Trinajstić information content (AvgIpc) is 3.07. The third kappa shape index (κ3) is 3.87. The molecule has 1 aromatic carbocycles. The van der Waals surface area contributed by atoms with Crippen LogP contribution in [0.15, 0.2) is 24.3 Å². The van der Waals surface area contributed by atoms with Crippen LogP contribution < -0.4 is 5.32 Å². The van der Waals surface area contributed by atoms with E-state index in [-0.39, 0.29) is 23.0 Å². The third-order valence-electron chi connectivity index (χ3n) is 5.16. The molecular formula is C17H23ClN6O2. The van der Waals surface area contributed by atoms with E-state index in [1.54, 1.807) is 12.1 Å². The molecule has 0 radical (unpaired) electrons. The van der Waals surface area contributed by atoms with Gasteiger partial charge in [0.15, 0.2) is 0 Å². The summed E-state index contributed by atoms with van der Waals surface area (Å²) < 4.78 is 2.28. The molecule has 2 aliphatic rings. The minimum Gasteiger partial charge on any atom is -0.312 e. The summed E-state index contributed by atoms with van der Waals surface area (Å²) in [6, 6.07) is 6.87. The number of rotatable bonds is 4. The molecule has 3 heterocycles. The van der Waals surface area contributed by atoms with Crippen molar-refractivity contribution in [1.82, 2.24) is 25.0 Å². The van der Waals surface area contributed by atoms with Gasteiger partial charge in [0.2, 0.25) is 0 Å². The van der Waals surface area contributed by atoms with Crippen molar-refractivity contribution in [3.63, 3.8) is 0 Å². The zero-order valence-corrected chi connectivity index (χ0v) is 15.3. The van der Waals surface area contributed by atoms with Crippen LogP contribution in [0.5, 0.6) is 0 Å². The summed E-state index contributed by atoms with van der Waals surface area (Å²) in [5.74, 6) is 2.67. The molecule has 0 atom stereocenters. The molecule has 9 heteroatoms. The van der Waals surface area contributed by atoms with Crippen LogP contribution in [0, 0.1) is 10.1 Å². The van der Waals surface area contributed by atoms with Gasteiger partial charge < -0.3 is 9.88 Å². The first-order valence-corrected chi connectivity index (χ1v) is 8.79. The molecule has 0 aliphatic carbocycles. The van der Waals surface area contributed by atoms with Gasteiger partial charge in [-0.1, -0.05) is 12.1 Å². The molecule has 1 saturated heterocycles. The van der Waals surface area contributed by atoms with Crippen LogP contribution in [0.25, 0.3) is 0 Å². The SMILES string of the molecule is Cl.O=[N+]([O-])c1ccc(CN2CCC(c3nnc4n3CCNC4)CC2)cc1. The first kappa shape index (κ1) is 18.8. The number of nitrogens with one attached hydrogen (secondary N) is 1. The van der Waals surface area contributed by atoms with E-state index in [2.05, 4.69) is 25.0 Å². The van der Waals surface area contributed by atoms with Gasteiger partial charge in [0.1, 0.15) is 11.6 Å². The maximum Gasteiger partial charge on any atom is 0.269 e. The van der Waals surface area contributed by atoms with Crippen molar-refractivity contribution < 1.29 is 4.92 Å². The number of halogens is 1. The second-order valence-electron chi connectivity index (χ2n) is 6.78. The highest BCUT2D eigenvalue weighted by molar-refractivity contribution is 5.85. The number of hydrogen-bond donors (Lipinski definition) is 1. The predicted molar refractivity (Wildman–Crippen MR) is 99.3 cm³/mol. The van der Waals surface area contributed by atoms with E-state index in [1.165, 1.54) is 0 Å². The molecule has 0 amide bonds. The second kappa shape index (κ2) is 8.11. The molecule has 2 aliphatic heterocycles. The van der Waals surface area contributed by atoms with Crippen LogP contribution in [0.3, 0.4) is 0 Å². The highest BCUT2D eigenvalue weighted by Crippen LogP contribution is 2.28. The number of hydrogen-bond acceptors (Lipinski definition) is 6. The third-order valence-corrected chi connectivity index (χ3v) is 5.16. The van der Waals surface area contributed by atoms with Crippen molar-refractivity contribution in [3.8, 4) is 0 Å². The summed E-state index contributed by atoms with van der Waals surface area (Å²) in [4.78, 5) is 12.8. The van der Waals surface area contributed by atoms with Gasteiger partial charge in [0.25, 0.3) is 5.69 Å². The van der Waals surface area contributed by atoms with Crippen LogP contribution in [0.2, 0.25) is 0 Å². The number of benzene rings is 1. The van der Waals surface area contributed by atoms with E-state index in [0.29, 0.717) is 5.92 Å². The molecule has 26 heavy (non-hydrogen) atoms. The second-order valence-corrected chi connectivity index (χ2v) is 6.78. The Morgan fingerprint density at radius 1 is 1.15 bits per heavy atom. The van der Waals surface area contributed by atoms with Crippen LogP contribution in [-0.4, -0.2) is 44.2 Å². The molecule has 2 aromatic rings. The van der Waals surface area contributed by atoms with Gasteiger partial charge in [0, 0.05) is 37.7 Å². The van der Waals surface area contributed by atoms with E-state index in [4.69, 9.17) is 0 Å². The van der Waals surface area contributed by atoms with Crippen LogP contribution in [-0.2, 0) is 19.6 Å². The van der Waals surface area contributed by atoms with Gasteiger partial charge in [0.05, 0.1) is 11.5 Å². The van der Waals surface area contributed by atoms with Crippen molar-refractivity contribution >= 4 is 18.1 Å². The normalized spacial score (nSPS) is 18.2. The number of nitrogens with zero attached hydrogens (tertiary/aromatic N) is 5. The van der Waals surface area contributed by atoms with E-state index >= 15 is 0 Å². The fraction of sp³-hybridized carbons (Fsp3) is 0.529. The Morgan fingerprint density at radius 3 is 2.58 bits per heavy atom. The first-order chi connectivity index (χ1) is 12.2. The highest BCUT2D eigenvalue weighted by atomic mass is 35.5. The minimum absolute atomic E-state index is 0. The van der Waals surface area contributed by atoms with Crippen molar-refractivity contribution in [2.45, 2.75) is 38.4 Å². The summed E-state index contributed by atoms with van der Waals surface area (Å²) in [5.41, 5.74) is 1.27. The van der Waals surface area contributed by atoms with Gasteiger partial charge in [-0.25, -0.2) is 0 Å². The maximum atomic E-state index is 10.7. The number of nitro benzene ring substituents is 1. The molecule has 1 aromatic heterocycles. The Balaban J connectivity index is 0.00000196. The lowest BCUT2D eigenvalue weighted by atomic mass is 9.95. The number of non-ortho nitro benzene ring substituents is 1. The number of piperidine rings is 1. The highest BCUT2D eigenvalue weighted by Gasteiger charge is 2.27. The van der Waals surface area contributed by atoms with E-state index in [9.17, 15) is 10.1 Å². The Morgan fingerprint density at radius 2 is 1.88 bits per heavy atom. The smallest absolute Gasteiger partial charge is 0.269 e. The summed E-state index contributed by atoms with van der Waals surface area (Å²) in [7, 11) is 0. The Bertz CT molecular complexity index is 755. The maximum absolute atomic E-state index is 10.7. The lowest BCUT2D eigenvalue weighted by Gasteiger charge is -2.32. The molecule has 1 N–H and O–H groups in total. The number of aromatic nitrogens is 3. The molecule has 140 valence electrons. The van der Waals surface area contributed by atoms with Crippen LogP contribution in [0.1, 0.15) is 36.0 Å². The molecule has 0 bridgehead atoms. The lowest BCUT2D eigenvalue weighted by molar-refractivity contribution is -0.384. The van der Waals surface area contributed by atoms with E-state index in [0.717, 1.165) is 69.3 Å². The van der Waals surface area contributed by atoms with E-state index < -0.39 is 0 Å². The topological polar surface area (TPSA) is 89.1 Å². The molecule has 4 rings (SSSR count). The van der Waals surface area contributed by atoms with Gasteiger partial charge in [-0.05, 0) is 31.5 Å².